The molecule has 0 aliphatic heterocycles. The van der Waals surface area contributed by atoms with Crippen molar-refractivity contribution in [1.29, 1.82) is 0 Å². The number of benzene rings is 1. The van der Waals surface area contributed by atoms with Crippen molar-refractivity contribution in [3.8, 4) is 0 Å². The Balaban J connectivity index is 2.73. The Hall–Kier alpha value is -1.80. The number of thioether (sulfide) groups is 1. The molecular weight excluding hydrogens is 344 g/mol. The van der Waals surface area contributed by atoms with E-state index in [0.717, 1.165) is 11.8 Å². The quantitative estimate of drug-likeness (QED) is 0.419. The van der Waals surface area contributed by atoms with Crippen molar-refractivity contribution in [2.75, 3.05) is 5.75 Å². The van der Waals surface area contributed by atoms with Crippen molar-refractivity contribution in [3.63, 3.8) is 0 Å². The van der Waals surface area contributed by atoms with Crippen molar-refractivity contribution in [2.24, 2.45) is 5.92 Å². The normalized spacial score (nSPS) is 13.2. The van der Waals surface area contributed by atoms with Gasteiger partial charge in [-0.15, -0.1) is 11.8 Å². The fourth-order valence-electron chi connectivity index (χ4n) is 1.80. The summed E-state index contributed by atoms with van der Waals surface area (Å²) in [6.07, 6.45) is 0.604. The van der Waals surface area contributed by atoms with Crippen LogP contribution in [0, 0.1) is 16.0 Å². The molecule has 7 nitrogen and oxygen atoms in total. The number of rotatable bonds is 8. The lowest BCUT2D eigenvalue weighted by molar-refractivity contribution is -0.387. The Bertz CT molecular complexity index is 611. The van der Waals surface area contributed by atoms with Gasteiger partial charge in [-0.1, -0.05) is 31.9 Å². The molecule has 0 heterocycles. The summed E-state index contributed by atoms with van der Waals surface area (Å²) in [7, 11) is 0. The predicted octanol–water partition coefficient (Wildman–Crippen LogP) is 2.96. The van der Waals surface area contributed by atoms with Crippen LogP contribution in [0.3, 0.4) is 0 Å². The standard InChI is InChI=1S/C14H17ClN2O5S/c1-3-8(2)13(14(19)20)16-12(18)7-23-11-5-4-9(15)6-10(11)17(21)22/h4-6,8,13H,3,7H2,1-2H3,(H,16,18)(H,19,20). The van der Waals surface area contributed by atoms with E-state index in [1.165, 1.54) is 18.2 Å². The van der Waals surface area contributed by atoms with Gasteiger partial charge in [-0.2, -0.15) is 0 Å². The number of nitro benzene ring substituents is 1. The van der Waals surface area contributed by atoms with Crippen molar-refractivity contribution in [3.05, 3.63) is 33.3 Å². The van der Waals surface area contributed by atoms with Crippen molar-refractivity contribution >= 4 is 40.9 Å². The molecule has 1 amide bonds. The molecule has 0 aromatic heterocycles. The molecule has 2 atom stereocenters. The first-order chi connectivity index (χ1) is 10.8. The van der Waals surface area contributed by atoms with Crippen LogP contribution in [0.2, 0.25) is 5.02 Å². The van der Waals surface area contributed by atoms with Gasteiger partial charge in [0.2, 0.25) is 5.91 Å². The van der Waals surface area contributed by atoms with Gasteiger partial charge in [0, 0.05) is 11.1 Å². The highest BCUT2D eigenvalue weighted by Crippen LogP contribution is 2.31. The number of amides is 1. The average molecular weight is 361 g/mol. The van der Waals surface area contributed by atoms with Crippen molar-refractivity contribution < 1.29 is 19.6 Å². The van der Waals surface area contributed by atoms with E-state index in [1.54, 1.807) is 6.92 Å². The Labute approximate surface area is 142 Å². The van der Waals surface area contributed by atoms with Gasteiger partial charge in [-0.25, -0.2) is 4.79 Å². The summed E-state index contributed by atoms with van der Waals surface area (Å²) in [6, 6.07) is 3.19. The molecule has 1 rings (SSSR count). The number of carbonyl (C=O) groups excluding carboxylic acids is 1. The van der Waals surface area contributed by atoms with Gasteiger partial charge >= 0.3 is 5.97 Å². The Kier molecular flexibility index (Phi) is 7.31. The maximum atomic E-state index is 11.9. The molecule has 1 aromatic carbocycles. The second-order valence-corrected chi connectivity index (χ2v) is 6.38. The number of nitro groups is 1. The minimum absolute atomic E-state index is 0.122. The summed E-state index contributed by atoms with van der Waals surface area (Å²) in [5, 5.41) is 22.8. The van der Waals surface area contributed by atoms with E-state index in [2.05, 4.69) is 5.32 Å². The topological polar surface area (TPSA) is 110 Å². The first-order valence-electron chi connectivity index (χ1n) is 6.85. The molecule has 0 spiro atoms. The number of hydrogen-bond donors (Lipinski definition) is 2. The average Bonchev–Trinajstić information content (AvgIpc) is 2.50. The molecule has 0 fully saturated rings. The van der Waals surface area contributed by atoms with Gasteiger partial charge in [-0.3, -0.25) is 14.9 Å². The fraction of sp³-hybridized carbons (Fsp3) is 0.429. The van der Waals surface area contributed by atoms with Crippen molar-refractivity contribution in [2.45, 2.75) is 31.2 Å². The van der Waals surface area contributed by atoms with Crippen LogP contribution in [0.1, 0.15) is 20.3 Å². The number of carboxylic acid groups (broad SMARTS) is 1. The highest BCUT2D eigenvalue weighted by atomic mass is 35.5. The third kappa shape index (κ3) is 5.72. The molecule has 0 saturated carbocycles. The molecule has 126 valence electrons. The van der Waals surface area contributed by atoms with Gasteiger partial charge in [0.05, 0.1) is 15.6 Å². The zero-order valence-corrected chi connectivity index (χ0v) is 14.2. The van der Waals surface area contributed by atoms with Crippen LogP contribution in [0.15, 0.2) is 23.1 Å². The zero-order valence-electron chi connectivity index (χ0n) is 12.6. The largest absolute Gasteiger partial charge is 0.480 e. The van der Waals surface area contributed by atoms with E-state index in [-0.39, 0.29) is 22.4 Å². The first-order valence-corrected chi connectivity index (χ1v) is 8.21. The molecule has 2 unspecified atom stereocenters. The monoisotopic (exact) mass is 360 g/mol. The van der Waals surface area contributed by atoms with Gasteiger partial charge in [0.1, 0.15) is 6.04 Å². The molecular formula is C14H17ClN2O5S. The molecule has 9 heteroatoms. The van der Waals surface area contributed by atoms with Crippen LogP contribution in [0.4, 0.5) is 5.69 Å². The molecule has 0 aliphatic rings. The van der Waals surface area contributed by atoms with Crippen LogP contribution >= 0.6 is 23.4 Å². The second-order valence-electron chi connectivity index (χ2n) is 4.93. The molecule has 0 saturated heterocycles. The highest BCUT2D eigenvalue weighted by molar-refractivity contribution is 8.00. The maximum absolute atomic E-state index is 11.9. The summed E-state index contributed by atoms with van der Waals surface area (Å²) < 4.78 is 0. The predicted molar refractivity (Wildman–Crippen MR) is 87.9 cm³/mol. The van der Waals surface area contributed by atoms with Crippen LogP contribution in [0.25, 0.3) is 0 Å². The Morgan fingerprint density at radius 1 is 1.48 bits per heavy atom. The number of nitrogens with one attached hydrogen (secondary N) is 1. The number of aliphatic carboxylic acids is 1. The summed E-state index contributed by atoms with van der Waals surface area (Å²) in [4.78, 5) is 33.8. The summed E-state index contributed by atoms with van der Waals surface area (Å²) in [5.41, 5.74) is -0.188. The highest BCUT2D eigenvalue weighted by Gasteiger charge is 2.25. The van der Waals surface area contributed by atoms with E-state index >= 15 is 0 Å². The third-order valence-electron chi connectivity index (χ3n) is 3.27. The lowest BCUT2D eigenvalue weighted by atomic mass is 9.99. The summed E-state index contributed by atoms with van der Waals surface area (Å²) in [5.74, 6) is -1.93. The molecule has 0 aliphatic carbocycles. The van der Waals surface area contributed by atoms with E-state index in [9.17, 15) is 19.7 Å². The molecule has 0 radical (unpaired) electrons. The molecule has 1 aromatic rings. The Morgan fingerprint density at radius 3 is 2.65 bits per heavy atom. The molecule has 2 N–H and O–H groups in total. The minimum atomic E-state index is -1.10. The van der Waals surface area contributed by atoms with Crippen LogP contribution in [-0.2, 0) is 9.59 Å². The maximum Gasteiger partial charge on any atom is 0.326 e. The minimum Gasteiger partial charge on any atom is -0.480 e. The Morgan fingerprint density at radius 2 is 2.13 bits per heavy atom. The number of nitrogens with zero attached hydrogens (tertiary/aromatic N) is 1. The second kappa shape index (κ2) is 8.73. The summed E-state index contributed by atoms with van der Waals surface area (Å²) >= 11 is 6.68. The zero-order chi connectivity index (χ0) is 17.6. The number of carboxylic acids is 1. The van der Waals surface area contributed by atoms with Crippen LogP contribution < -0.4 is 5.32 Å². The van der Waals surface area contributed by atoms with Crippen molar-refractivity contribution in [1.82, 2.24) is 5.32 Å². The third-order valence-corrected chi connectivity index (χ3v) is 4.57. The lowest BCUT2D eigenvalue weighted by Gasteiger charge is -2.19. The van der Waals surface area contributed by atoms with Crippen LogP contribution in [-0.4, -0.2) is 33.7 Å². The summed E-state index contributed by atoms with van der Waals surface area (Å²) in [6.45, 7) is 3.56. The fourth-order valence-corrected chi connectivity index (χ4v) is 2.78. The number of halogens is 1. The van der Waals surface area contributed by atoms with E-state index < -0.39 is 22.8 Å². The van der Waals surface area contributed by atoms with Crippen LogP contribution in [0.5, 0.6) is 0 Å². The van der Waals surface area contributed by atoms with E-state index in [4.69, 9.17) is 16.7 Å². The van der Waals surface area contributed by atoms with Gasteiger partial charge < -0.3 is 10.4 Å². The van der Waals surface area contributed by atoms with Gasteiger partial charge in [-0.05, 0) is 18.1 Å². The molecule has 23 heavy (non-hydrogen) atoms. The first kappa shape index (κ1) is 19.2. The van der Waals surface area contributed by atoms with Gasteiger partial charge in [0.25, 0.3) is 5.69 Å². The van der Waals surface area contributed by atoms with Gasteiger partial charge in [0.15, 0.2) is 0 Å². The van der Waals surface area contributed by atoms with E-state index in [1.807, 2.05) is 6.92 Å². The van der Waals surface area contributed by atoms with E-state index in [0.29, 0.717) is 11.3 Å². The number of hydrogen-bond acceptors (Lipinski definition) is 5. The lowest BCUT2D eigenvalue weighted by Crippen LogP contribution is -2.45. The molecule has 0 bridgehead atoms. The number of carbonyl (C=O) groups is 2. The smallest absolute Gasteiger partial charge is 0.326 e. The SMILES string of the molecule is CCC(C)C(NC(=O)CSc1ccc(Cl)cc1[N+](=O)[O-])C(=O)O.